The van der Waals surface area contributed by atoms with E-state index in [-0.39, 0.29) is 18.3 Å². The van der Waals surface area contributed by atoms with Gasteiger partial charge in [-0.2, -0.15) is 5.10 Å². The van der Waals surface area contributed by atoms with Crippen molar-refractivity contribution in [2.45, 2.75) is 26.2 Å². The summed E-state index contributed by atoms with van der Waals surface area (Å²) in [6, 6.07) is 0. The molecule has 0 aliphatic heterocycles. The molecule has 168 valence electrons. The highest BCUT2D eigenvalue weighted by Crippen LogP contribution is 2.28. The Morgan fingerprint density at radius 1 is 1.42 bits per heavy atom. The molecule has 0 fully saturated rings. The minimum atomic E-state index is -0.523. The number of ketones is 1. The molecule has 1 N–H and O–H groups in total. The van der Waals surface area contributed by atoms with Gasteiger partial charge in [0.15, 0.2) is 5.78 Å². The normalized spacial score (nSPS) is 15.0. The molecule has 0 spiro atoms. The number of alkyl carbamates (subject to hydrolysis) is 1. The summed E-state index contributed by atoms with van der Waals surface area (Å²) in [6.45, 7) is 6.52. The maximum atomic E-state index is 12.7. The topological polar surface area (TPSA) is 85.7 Å². The van der Waals surface area contributed by atoms with E-state index in [1.807, 2.05) is 44.3 Å². The lowest BCUT2D eigenvalue weighted by atomic mass is 9.88. The van der Waals surface area contributed by atoms with Gasteiger partial charge >= 0.3 is 6.09 Å². The van der Waals surface area contributed by atoms with Gasteiger partial charge in [0.1, 0.15) is 6.61 Å². The van der Waals surface area contributed by atoms with Crippen LogP contribution in [0.15, 0.2) is 60.2 Å². The number of allylic oxidation sites excluding steroid dienone is 5. The Kier molecular flexibility index (Phi) is 9.27. The number of nitrogens with zero attached hydrogens (tertiary/aromatic N) is 3. The van der Waals surface area contributed by atoms with E-state index in [2.05, 4.69) is 17.0 Å². The lowest BCUT2D eigenvalue weighted by Gasteiger charge is -2.17. The molecule has 31 heavy (non-hydrogen) atoms. The van der Waals surface area contributed by atoms with E-state index in [1.165, 1.54) is 6.08 Å². The first-order chi connectivity index (χ1) is 14.8. The van der Waals surface area contributed by atoms with E-state index in [0.29, 0.717) is 17.9 Å². The summed E-state index contributed by atoms with van der Waals surface area (Å²) < 4.78 is 11.6. The van der Waals surface area contributed by atoms with Crippen molar-refractivity contribution in [1.29, 1.82) is 0 Å². The van der Waals surface area contributed by atoms with Crippen LogP contribution in [0.25, 0.3) is 0 Å². The fourth-order valence-corrected chi connectivity index (χ4v) is 3.10. The predicted molar refractivity (Wildman–Crippen MR) is 120 cm³/mol. The van der Waals surface area contributed by atoms with Crippen LogP contribution in [0.4, 0.5) is 10.5 Å². The van der Waals surface area contributed by atoms with Gasteiger partial charge in [-0.25, -0.2) is 4.79 Å². The van der Waals surface area contributed by atoms with Crippen LogP contribution < -0.4 is 10.2 Å². The van der Waals surface area contributed by atoms with Crippen LogP contribution in [-0.4, -0.2) is 49.0 Å². The van der Waals surface area contributed by atoms with Crippen molar-refractivity contribution in [3.63, 3.8) is 0 Å². The average Bonchev–Trinajstić information content (AvgIpc) is 3.05. The molecule has 0 bridgehead atoms. The van der Waals surface area contributed by atoms with Gasteiger partial charge in [-0.3, -0.25) is 14.8 Å². The van der Waals surface area contributed by atoms with Gasteiger partial charge < -0.3 is 14.4 Å². The van der Waals surface area contributed by atoms with Gasteiger partial charge in [0, 0.05) is 51.3 Å². The largest absolute Gasteiger partial charge is 0.447 e. The molecule has 0 saturated carbocycles. The van der Waals surface area contributed by atoms with Crippen molar-refractivity contribution < 1.29 is 19.1 Å². The van der Waals surface area contributed by atoms with Gasteiger partial charge in [-0.15, -0.1) is 0 Å². The number of methoxy groups -OCH3 is 1. The lowest BCUT2D eigenvalue weighted by Crippen LogP contribution is -2.24. The van der Waals surface area contributed by atoms with Gasteiger partial charge in [0.05, 0.1) is 18.5 Å². The molecule has 0 aromatic carbocycles. The van der Waals surface area contributed by atoms with Crippen molar-refractivity contribution >= 4 is 17.6 Å². The number of anilines is 1. The quantitative estimate of drug-likeness (QED) is 0.453. The number of hydrogen-bond acceptors (Lipinski definition) is 6. The van der Waals surface area contributed by atoms with Crippen molar-refractivity contribution in [1.82, 2.24) is 15.1 Å². The highest BCUT2D eigenvalue weighted by atomic mass is 16.6. The Morgan fingerprint density at radius 3 is 2.87 bits per heavy atom. The molecular formula is C23H32N4O4. The zero-order chi connectivity index (χ0) is 22.8. The first kappa shape index (κ1) is 24.1. The first-order valence-corrected chi connectivity index (χ1v) is 10.3. The lowest BCUT2D eigenvalue weighted by molar-refractivity contribution is -0.111. The summed E-state index contributed by atoms with van der Waals surface area (Å²) in [5, 5.41) is 6.88. The third-order valence-corrected chi connectivity index (χ3v) is 5.09. The summed E-state index contributed by atoms with van der Waals surface area (Å²) in [6.07, 6.45) is 12.8. The predicted octanol–water partition coefficient (Wildman–Crippen LogP) is 3.50. The number of hydrogen-bond donors (Lipinski definition) is 1. The van der Waals surface area contributed by atoms with Crippen molar-refractivity contribution in [3.8, 4) is 0 Å². The third kappa shape index (κ3) is 7.57. The number of amides is 1. The molecule has 0 saturated heterocycles. The number of ether oxygens (including phenoxy) is 2. The summed E-state index contributed by atoms with van der Waals surface area (Å²) in [4.78, 5) is 26.4. The Labute approximate surface area is 183 Å². The molecule has 1 heterocycles. The SMILES string of the molecule is C=C(C(=O)C=CN(C)c1cnn(C)c1)C(C)C1=CC(NC(=O)OCCOC)=CCCC1. The van der Waals surface area contributed by atoms with Crippen LogP contribution in [0.3, 0.4) is 0 Å². The molecular weight excluding hydrogens is 396 g/mol. The molecule has 1 aromatic heterocycles. The Morgan fingerprint density at radius 2 is 2.19 bits per heavy atom. The fraction of sp³-hybridized carbons (Fsp3) is 0.435. The Hall–Kier alpha value is -3.13. The van der Waals surface area contributed by atoms with Crippen LogP contribution >= 0.6 is 0 Å². The second kappa shape index (κ2) is 11.9. The molecule has 8 heteroatoms. The van der Waals surface area contributed by atoms with Crippen molar-refractivity contribution in [2.75, 3.05) is 32.3 Å². The van der Waals surface area contributed by atoms with Gasteiger partial charge in [0.25, 0.3) is 0 Å². The van der Waals surface area contributed by atoms with E-state index in [1.54, 1.807) is 24.2 Å². The molecule has 8 nitrogen and oxygen atoms in total. The number of aryl methyl sites for hydroxylation is 1. The highest BCUT2D eigenvalue weighted by molar-refractivity contribution is 6.04. The number of nitrogens with one attached hydrogen (secondary N) is 1. The highest BCUT2D eigenvalue weighted by Gasteiger charge is 2.19. The van der Waals surface area contributed by atoms with E-state index < -0.39 is 6.09 Å². The molecule has 1 aromatic rings. The van der Waals surface area contributed by atoms with Gasteiger partial charge in [0.2, 0.25) is 0 Å². The van der Waals surface area contributed by atoms with Crippen LogP contribution in [0, 0.1) is 5.92 Å². The molecule has 2 rings (SSSR count). The van der Waals surface area contributed by atoms with E-state index in [4.69, 9.17) is 9.47 Å². The maximum absolute atomic E-state index is 12.7. The molecule has 1 amide bonds. The number of carbonyl (C=O) groups excluding carboxylic acids is 2. The smallest absolute Gasteiger partial charge is 0.411 e. The third-order valence-electron chi connectivity index (χ3n) is 5.09. The minimum Gasteiger partial charge on any atom is -0.447 e. The van der Waals surface area contributed by atoms with E-state index >= 15 is 0 Å². The van der Waals surface area contributed by atoms with Crippen LogP contribution in [-0.2, 0) is 21.3 Å². The zero-order valence-electron chi connectivity index (χ0n) is 18.8. The fourth-order valence-electron chi connectivity index (χ4n) is 3.10. The van der Waals surface area contributed by atoms with E-state index in [9.17, 15) is 9.59 Å². The van der Waals surface area contributed by atoms with Crippen LogP contribution in [0.2, 0.25) is 0 Å². The Bertz CT molecular complexity index is 882. The second-order valence-corrected chi connectivity index (χ2v) is 7.43. The standard InChI is InChI=1S/C23H32N4O4/c1-17(18(2)22(28)10-11-26(3)21-15-24-27(4)16-21)19-8-6-7-9-20(14-19)25-23(29)31-13-12-30-5/h9-11,14-17H,2,6-8,12-13H2,1,3-5H3,(H,25,29). The van der Waals surface area contributed by atoms with Crippen LogP contribution in [0.1, 0.15) is 26.2 Å². The molecule has 1 aliphatic carbocycles. The monoisotopic (exact) mass is 428 g/mol. The average molecular weight is 429 g/mol. The summed E-state index contributed by atoms with van der Waals surface area (Å²) in [5.74, 6) is -0.278. The van der Waals surface area contributed by atoms with Gasteiger partial charge in [-0.1, -0.05) is 25.2 Å². The molecule has 1 unspecified atom stereocenters. The van der Waals surface area contributed by atoms with Crippen molar-refractivity contribution in [2.24, 2.45) is 13.0 Å². The number of rotatable bonds is 10. The van der Waals surface area contributed by atoms with Crippen molar-refractivity contribution in [3.05, 3.63) is 60.2 Å². The second-order valence-electron chi connectivity index (χ2n) is 7.43. The molecule has 1 atom stereocenters. The summed E-state index contributed by atoms with van der Waals surface area (Å²) >= 11 is 0. The summed E-state index contributed by atoms with van der Waals surface area (Å²) in [5.41, 5.74) is 3.11. The van der Waals surface area contributed by atoms with E-state index in [0.717, 1.165) is 30.5 Å². The maximum Gasteiger partial charge on any atom is 0.411 e. The number of carbonyl (C=O) groups is 2. The minimum absolute atomic E-state index is 0.133. The van der Waals surface area contributed by atoms with Gasteiger partial charge in [-0.05, 0) is 30.9 Å². The summed E-state index contributed by atoms with van der Waals surface area (Å²) in [7, 11) is 5.24. The number of aromatic nitrogens is 2. The van der Waals surface area contributed by atoms with Crippen LogP contribution in [0.5, 0.6) is 0 Å². The molecule has 0 radical (unpaired) electrons. The zero-order valence-corrected chi connectivity index (χ0v) is 18.8. The first-order valence-electron chi connectivity index (χ1n) is 10.3. The Balaban J connectivity index is 1.99. The molecule has 1 aliphatic rings.